The second kappa shape index (κ2) is 9.63. The molecule has 0 atom stereocenters. The highest BCUT2D eigenvalue weighted by atomic mass is 32.2. The monoisotopic (exact) mass is 382 g/mol. The Bertz CT molecular complexity index is 703. The van der Waals surface area contributed by atoms with E-state index < -0.39 is 15.9 Å². The van der Waals surface area contributed by atoms with Gasteiger partial charge in [-0.2, -0.15) is 4.31 Å². The zero-order chi connectivity index (χ0) is 19.0. The molecule has 1 aromatic heterocycles. The average molecular weight is 382 g/mol. The van der Waals surface area contributed by atoms with Crippen molar-refractivity contribution >= 4 is 21.8 Å². The molecule has 0 unspecified atom stereocenters. The van der Waals surface area contributed by atoms with Crippen molar-refractivity contribution in [2.24, 2.45) is 5.92 Å². The summed E-state index contributed by atoms with van der Waals surface area (Å²) >= 11 is 0. The molecule has 9 heteroatoms. The summed E-state index contributed by atoms with van der Waals surface area (Å²) in [7, 11) is -2.41. The van der Waals surface area contributed by atoms with E-state index in [4.69, 9.17) is 0 Å². The maximum absolute atomic E-state index is 12.3. The van der Waals surface area contributed by atoms with Crippen LogP contribution in [-0.2, 0) is 19.6 Å². The third-order valence-electron chi connectivity index (χ3n) is 4.43. The van der Waals surface area contributed by atoms with E-state index in [0.717, 1.165) is 30.0 Å². The molecule has 0 bridgehead atoms. The van der Waals surface area contributed by atoms with Gasteiger partial charge in [-0.15, -0.1) is 0 Å². The molecule has 0 saturated heterocycles. The number of carbonyl (C=O) groups excluding carboxylic acids is 2. The first-order valence-corrected chi connectivity index (χ1v) is 10.3. The van der Waals surface area contributed by atoms with Crippen LogP contribution in [0.25, 0.3) is 0 Å². The van der Waals surface area contributed by atoms with Crippen LogP contribution in [0.4, 0.5) is 0 Å². The largest absolute Gasteiger partial charge is 0.354 e. The molecule has 0 spiro atoms. The second-order valence-electron chi connectivity index (χ2n) is 6.43. The fraction of sp³-hybridized carbons (Fsp3) is 0.588. The molecule has 0 aliphatic heterocycles. The molecular formula is C17H26N4O4S. The van der Waals surface area contributed by atoms with E-state index in [9.17, 15) is 18.0 Å². The summed E-state index contributed by atoms with van der Waals surface area (Å²) in [5, 5.41) is 5.44. The van der Waals surface area contributed by atoms with Gasteiger partial charge in [-0.1, -0.05) is 19.3 Å². The zero-order valence-electron chi connectivity index (χ0n) is 15.0. The van der Waals surface area contributed by atoms with E-state index in [1.54, 1.807) is 0 Å². The molecule has 144 valence electrons. The summed E-state index contributed by atoms with van der Waals surface area (Å²) in [5.74, 6) is -0.308. The standard InChI is InChI=1S/C17H26N4O4S/c1-21(26(24,25)15-8-5-9-18-12-15)13-16(22)19-10-11-20-17(23)14-6-3-2-4-7-14/h5,8-9,12,14H,2-4,6-7,10-11,13H2,1H3,(H,19,22)(H,20,23). The Balaban J connectivity index is 1.70. The second-order valence-corrected chi connectivity index (χ2v) is 8.47. The lowest BCUT2D eigenvalue weighted by molar-refractivity contribution is -0.126. The van der Waals surface area contributed by atoms with Crippen LogP contribution in [0, 0.1) is 5.92 Å². The maximum Gasteiger partial charge on any atom is 0.244 e. The molecule has 1 aliphatic rings. The van der Waals surface area contributed by atoms with Gasteiger partial charge in [0.05, 0.1) is 6.54 Å². The molecule has 1 aliphatic carbocycles. The summed E-state index contributed by atoms with van der Waals surface area (Å²) < 4.78 is 25.6. The van der Waals surface area contributed by atoms with Crippen LogP contribution < -0.4 is 10.6 Å². The Morgan fingerprint density at radius 1 is 1.19 bits per heavy atom. The van der Waals surface area contributed by atoms with Gasteiger partial charge in [0.1, 0.15) is 4.90 Å². The molecule has 8 nitrogen and oxygen atoms in total. The van der Waals surface area contributed by atoms with E-state index in [1.807, 2.05) is 0 Å². The third-order valence-corrected chi connectivity index (χ3v) is 6.22. The number of rotatable bonds is 8. The van der Waals surface area contributed by atoms with Gasteiger partial charge in [-0.05, 0) is 25.0 Å². The number of nitrogens with zero attached hydrogens (tertiary/aromatic N) is 2. The molecule has 26 heavy (non-hydrogen) atoms. The molecule has 2 N–H and O–H groups in total. The summed E-state index contributed by atoms with van der Waals surface area (Å²) in [6.07, 6.45) is 7.94. The van der Waals surface area contributed by atoms with Gasteiger partial charge in [0.2, 0.25) is 21.8 Å². The van der Waals surface area contributed by atoms with Crippen molar-refractivity contribution in [2.75, 3.05) is 26.7 Å². The average Bonchev–Trinajstić information content (AvgIpc) is 2.66. The van der Waals surface area contributed by atoms with Crippen molar-refractivity contribution < 1.29 is 18.0 Å². The number of nitrogens with one attached hydrogen (secondary N) is 2. The minimum Gasteiger partial charge on any atom is -0.354 e. The molecule has 1 heterocycles. The number of amides is 2. The number of aromatic nitrogens is 1. The molecule has 1 aromatic rings. The summed E-state index contributed by atoms with van der Waals surface area (Å²) in [5.41, 5.74) is 0. The smallest absolute Gasteiger partial charge is 0.244 e. The summed E-state index contributed by atoms with van der Waals surface area (Å²) in [6.45, 7) is 0.298. The van der Waals surface area contributed by atoms with E-state index in [2.05, 4.69) is 15.6 Å². The Morgan fingerprint density at radius 3 is 2.54 bits per heavy atom. The van der Waals surface area contributed by atoms with Crippen LogP contribution >= 0.6 is 0 Å². The Labute approximate surface area is 154 Å². The van der Waals surface area contributed by atoms with Gasteiger partial charge in [0.15, 0.2) is 0 Å². The van der Waals surface area contributed by atoms with Gasteiger partial charge in [0.25, 0.3) is 0 Å². The molecule has 2 rings (SSSR count). The number of sulfonamides is 1. The summed E-state index contributed by atoms with van der Waals surface area (Å²) in [6, 6.07) is 2.95. The van der Waals surface area contributed by atoms with Gasteiger partial charge in [0, 0.05) is 38.4 Å². The number of likely N-dealkylation sites (N-methyl/N-ethyl adjacent to an activating group) is 1. The molecule has 1 saturated carbocycles. The number of hydrogen-bond acceptors (Lipinski definition) is 5. The number of carbonyl (C=O) groups is 2. The van der Waals surface area contributed by atoms with E-state index in [1.165, 1.54) is 38.0 Å². The lowest BCUT2D eigenvalue weighted by Gasteiger charge is -2.21. The Hall–Kier alpha value is -2.00. The van der Waals surface area contributed by atoms with Crippen LogP contribution in [0.2, 0.25) is 0 Å². The van der Waals surface area contributed by atoms with Crippen LogP contribution in [0.1, 0.15) is 32.1 Å². The zero-order valence-corrected chi connectivity index (χ0v) is 15.8. The topological polar surface area (TPSA) is 108 Å². The summed E-state index contributed by atoms with van der Waals surface area (Å²) in [4.78, 5) is 27.7. The molecule has 2 amide bonds. The first kappa shape index (κ1) is 20.3. The van der Waals surface area contributed by atoms with Crippen LogP contribution in [0.15, 0.2) is 29.4 Å². The van der Waals surface area contributed by atoms with Gasteiger partial charge in [-0.25, -0.2) is 8.42 Å². The maximum atomic E-state index is 12.3. The van der Waals surface area contributed by atoms with Crippen molar-refractivity contribution in [3.63, 3.8) is 0 Å². The van der Waals surface area contributed by atoms with Crippen molar-refractivity contribution in [2.45, 2.75) is 37.0 Å². The molecule has 1 fully saturated rings. The van der Waals surface area contributed by atoms with Crippen molar-refractivity contribution in [1.82, 2.24) is 19.9 Å². The van der Waals surface area contributed by atoms with E-state index in [-0.39, 0.29) is 29.8 Å². The Kier molecular flexibility index (Phi) is 7.52. The highest BCUT2D eigenvalue weighted by molar-refractivity contribution is 7.89. The number of pyridine rings is 1. The minimum atomic E-state index is -3.75. The van der Waals surface area contributed by atoms with E-state index in [0.29, 0.717) is 6.54 Å². The fourth-order valence-corrected chi connectivity index (χ4v) is 4.01. The molecule has 0 radical (unpaired) electrons. The quantitative estimate of drug-likeness (QED) is 0.637. The van der Waals surface area contributed by atoms with Crippen LogP contribution in [-0.4, -0.2) is 56.2 Å². The SMILES string of the molecule is CN(CC(=O)NCCNC(=O)C1CCCCC1)S(=O)(=O)c1cccnc1. The van der Waals surface area contributed by atoms with Crippen molar-refractivity contribution in [3.8, 4) is 0 Å². The van der Waals surface area contributed by atoms with Crippen molar-refractivity contribution in [3.05, 3.63) is 24.5 Å². The predicted octanol–water partition coefficient (Wildman–Crippen LogP) is 0.515. The lowest BCUT2D eigenvalue weighted by Crippen LogP contribution is -2.42. The molecular weight excluding hydrogens is 356 g/mol. The minimum absolute atomic E-state index is 0.0371. The fourth-order valence-electron chi connectivity index (χ4n) is 2.92. The third kappa shape index (κ3) is 5.77. The predicted molar refractivity (Wildman–Crippen MR) is 96.6 cm³/mol. The first-order valence-electron chi connectivity index (χ1n) is 8.82. The van der Waals surface area contributed by atoms with Crippen LogP contribution in [0.3, 0.4) is 0 Å². The lowest BCUT2D eigenvalue weighted by atomic mass is 9.89. The first-order chi connectivity index (χ1) is 12.4. The van der Waals surface area contributed by atoms with Gasteiger partial charge < -0.3 is 10.6 Å². The van der Waals surface area contributed by atoms with Crippen molar-refractivity contribution in [1.29, 1.82) is 0 Å². The highest BCUT2D eigenvalue weighted by Gasteiger charge is 2.23. The van der Waals surface area contributed by atoms with E-state index >= 15 is 0 Å². The van der Waals surface area contributed by atoms with Crippen LogP contribution in [0.5, 0.6) is 0 Å². The number of hydrogen-bond donors (Lipinski definition) is 2. The van der Waals surface area contributed by atoms with Gasteiger partial charge >= 0.3 is 0 Å². The van der Waals surface area contributed by atoms with Gasteiger partial charge in [-0.3, -0.25) is 14.6 Å². The normalized spacial score (nSPS) is 15.6. The molecule has 0 aromatic carbocycles. The Morgan fingerprint density at radius 2 is 1.88 bits per heavy atom. The highest BCUT2D eigenvalue weighted by Crippen LogP contribution is 2.23.